The fourth-order valence-corrected chi connectivity index (χ4v) is 20.8. The highest BCUT2D eigenvalue weighted by Crippen LogP contribution is 2.44. The van der Waals surface area contributed by atoms with Crippen molar-refractivity contribution in [2.75, 3.05) is 0 Å². The van der Waals surface area contributed by atoms with Crippen molar-refractivity contribution in [3.05, 3.63) is 557 Å². The summed E-state index contributed by atoms with van der Waals surface area (Å²) in [5, 5.41) is 0. The molecule has 0 amide bonds. The average Bonchev–Trinajstić information content (AvgIpc) is 1.12. The standard InChI is InChI=1S/C136H94N8/c1-13-37-93(38-14-1)109-85-125(97-45-21-5-22-46-97)141(126(86-109)98-47-23-6-24-48-98)113-69-61-105(62-70-113)133-117-77-79-119(137-117)134(106-63-71-114(72-64-106)142-127(99-49-25-7-26-50-99)87-110(94-39-15-2-16-40-94)88-128(142)100-51-27-8-28-52-100)121-81-83-123(139-121)136(108-67-75-116(76-68-108)144-131(103-57-33-11-34-58-103)91-112(96-43-19-4-20-44-96)92-132(144)104-59-35-12-36-60-104)124-84-82-122(140-124)135(120-80-78-118(133)138-120)107-65-73-115(74-66-107)143-129(101-53-29-9-30-54-101)89-111(95-41-17-3-18-42-95)90-130(143)102-55-31-10-32-56-102/h1-92,137,140H/q+4. The highest BCUT2D eigenvalue weighted by atomic mass is 15.0. The second-order valence-corrected chi connectivity index (χ2v) is 36.5. The van der Waals surface area contributed by atoms with E-state index in [9.17, 15) is 0 Å². The number of aromatic nitrogens is 8. The van der Waals surface area contributed by atoms with Crippen molar-refractivity contribution >= 4 is 46.4 Å². The number of nitrogens with zero attached hydrogens (tertiary/aromatic N) is 6. The molecule has 0 aliphatic carbocycles. The van der Waals surface area contributed by atoms with Crippen LogP contribution in [0, 0.1) is 0 Å². The summed E-state index contributed by atoms with van der Waals surface area (Å²) >= 11 is 0. The lowest BCUT2D eigenvalue weighted by atomic mass is 9.98. The second kappa shape index (κ2) is 38.2. The lowest BCUT2D eigenvalue weighted by molar-refractivity contribution is -0.572. The normalized spacial score (nSPS) is 11.6. The zero-order valence-electron chi connectivity index (χ0n) is 78.8. The molecule has 8 bridgehead atoms. The van der Waals surface area contributed by atoms with Crippen molar-refractivity contribution in [2.24, 2.45) is 0 Å². The molecule has 674 valence electrons. The monoisotopic (exact) mass is 1840 g/mol. The summed E-state index contributed by atoms with van der Waals surface area (Å²) in [6.45, 7) is 0. The fraction of sp³-hybridized carbons (Fsp3) is 0. The van der Waals surface area contributed by atoms with Gasteiger partial charge in [-0.2, -0.15) is 18.3 Å². The molecule has 7 aromatic heterocycles. The summed E-state index contributed by atoms with van der Waals surface area (Å²) < 4.78 is 9.67. The molecule has 0 saturated heterocycles. The molecule has 8 heteroatoms. The lowest BCUT2D eigenvalue weighted by Crippen LogP contribution is -2.36. The van der Waals surface area contributed by atoms with Gasteiger partial charge >= 0.3 is 0 Å². The number of H-pyrrole nitrogens is 2. The Labute approximate surface area is 837 Å². The maximum absolute atomic E-state index is 6.02. The molecule has 2 aliphatic heterocycles. The Bertz CT molecular complexity index is 7670. The Balaban J connectivity index is 0.738. The number of hydrogen-bond donors (Lipinski definition) is 2. The number of fused-ring (bicyclic) bond motifs is 8. The first kappa shape index (κ1) is 86.3. The summed E-state index contributed by atoms with van der Waals surface area (Å²) in [6.07, 6.45) is 8.83. The molecule has 0 fully saturated rings. The Hall–Kier alpha value is -19.3. The van der Waals surface area contributed by atoms with Crippen LogP contribution in [-0.4, -0.2) is 19.9 Å². The quantitative estimate of drug-likeness (QED) is 0.0747. The van der Waals surface area contributed by atoms with Crippen LogP contribution >= 0.6 is 0 Å². The van der Waals surface area contributed by atoms with E-state index in [-0.39, 0.29) is 0 Å². The number of hydrogen-bond acceptors (Lipinski definition) is 2. The topological polar surface area (TPSA) is 72.9 Å². The van der Waals surface area contributed by atoms with E-state index in [4.69, 9.17) is 9.97 Å². The molecule has 0 spiro atoms. The Morgan fingerprint density at radius 1 is 0.125 bits per heavy atom. The zero-order valence-corrected chi connectivity index (χ0v) is 78.8. The van der Waals surface area contributed by atoms with Gasteiger partial charge in [0.2, 0.25) is 68.3 Å². The van der Waals surface area contributed by atoms with Gasteiger partial charge in [-0.05, 0) is 261 Å². The minimum absolute atomic E-state index is 0.784. The third-order valence-electron chi connectivity index (χ3n) is 27.7. The van der Waals surface area contributed by atoms with E-state index >= 15 is 0 Å². The number of pyridine rings is 4. The SMILES string of the molecule is C1=Cc2nc1c(-c1ccc(-[n+]3c(-c4ccccc4)cc(-c4ccccc4)cc3-c3ccccc3)cc1)c1ccc([nH]1)c(-c1ccc(-[n+]3c(-c4ccccc4)cc(-c4ccccc4)cc3-c3ccccc3)cc1)c1nc(c(-c3ccc(-[n+]4c(-c5ccccc5)cc(-c5ccccc5)cc4-c4ccccc4)cc3)c3ccc([nH]3)c2-c2ccc(-[n+]3c(-c4ccccc4)cc(-c4ccccc4)cc3-c3ccccc3)cc2)C=C1. The average molecular weight is 1840 g/mol. The molecule has 144 heavy (non-hydrogen) atoms. The Morgan fingerprint density at radius 3 is 0.410 bits per heavy atom. The number of rotatable bonds is 20. The van der Waals surface area contributed by atoms with E-state index in [0.29, 0.717) is 0 Å². The van der Waals surface area contributed by atoms with Gasteiger partial charge in [0, 0.05) is 186 Å². The lowest BCUT2D eigenvalue weighted by Gasteiger charge is -2.13. The minimum atomic E-state index is 0.784. The van der Waals surface area contributed by atoms with E-state index < -0.39 is 0 Å². The van der Waals surface area contributed by atoms with Gasteiger partial charge in [0.05, 0.1) is 22.8 Å². The smallest absolute Gasteiger partial charge is 0.219 e. The molecule has 2 N–H and O–H groups in total. The van der Waals surface area contributed by atoms with Crippen LogP contribution < -0.4 is 18.3 Å². The van der Waals surface area contributed by atoms with Crippen molar-refractivity contribution in [2.45, 2.75) is 0 Å². The maximum Gasteiger partial charge on any atom is 0.219 e. The molecule has 25 rings (SSSR count). The fourth-order valence-electron chi connectivity index (χ4n) is 20.8. The molecule has 23 aromatic rings. The summed E-state index contributed by atoms with van der Waals surface area (Å²) in [5.74, 6) is 0. The number of aromatic amines is 2. The summed E-state index contributed by atoms with van der Waals surface area (Å²) in [7, 11) is 0. The number of nitrogens with one attached hydrogen (secondary N) is 2. The molecule has 2 aliphatic rings. The van der Waals surface area contributed by atoms with Crippen molar-refractivity contribution in [3.8, 4) is 202 Å². The van der Waals surface area contributed by atoms with Crippen molar-refractivity contribution in [1.29, 1.82) is 0 Å². The van der Waals surface area contributed by atoms with Crippen LogP contribution in [0.4, 0.5) is 0 Å². The molecule has 0 atom stereocenters. The molecule has 0 radical (unpaired) electrons. The molecule has 16 aromatic carbocycles. The van der Waals surface area contributed by atoms with Crippen molar-refractivity contribution < 1.29 is 18.3 Å². The molecule has 0 unspecified atom stereocenters. The summed E-state index contributed by atoms with van der Waals surface area (Å²) in [6, 6.07) is 193. The molecule has 8 nitrogen and oxygen atoms in total. The first-order valence-electron chi connectivity index (χ1n) is 49.1. The van der Waals surface area contributed by atoms with Crippen LogP contribution in [0.3, 0.4) is 0 Å². The van der Waals surface area contributed by atoms with Gasteiger partial charge in [-0.15, -0.1) is 0 Å². The van der Waals surface area contributed by atoms with Crippen LogP contribution in [0.1, 0.15) is 22.8 Å². The van der Waals surface area contributed by atoms with Crippen LogP contribution in [0.2, 0.25) is 0 Å². The number of benzene rings is 16. The third-order valence-corrected chi connectivity index (χ3v) is 27.7. The highest BCUT2D eigenvalue weighted by molar-refractivity contribution is 6.01. The van der Waals surface area contributed by atoms with Gasteiger partial charge in [0.25, 0.3) is 0 Å². The molecule has 9 heterocycles. The van der Waals surface area contributed by atoms with E-state index in [2.05, 4.69) is 586 Å². The Kier molecular flexibility index (Phi) is 22.9. The summed E-state index contributed by atoms with van der Waals surface area (Å²) in [4.78, 5) is 20.4. The molecular formula is C136H94N8+4. The maximum atomic E-state index is 6.02. The van der Waals surface area contributed by atoms with Crippen molar-refractivity contribution in [1.82, 2.24) is 19.9 Å². The predicted molar refractivity (Wildman–Crippen MR) is 592 cm³/mol. The van der Waals surface area contributed by atoms with E-state index in [1.807, 2.05) is 0 Å². The van der Waals surface area contributed by atoms with Crippen LogP contribution in [0.25, 0.3) is 248 Å². The van der Waals surface area contributed by atoms with Crippen molar-refractivity contribution in [3.63, 3.8) is 0 Å². The predicted octanol–water partition coefficient (Wildman–Crippen LogP) is 32.4. The van der Waals surface area contributed by atoms with Crippen LogP contribution in [0.5, 0.6) is 0 Å². The van der Waals surface area contributed by atoms with Gasteiger partial charge in [-0.1, -0.05) is 267 Å². The molecular weight excluding hydrogens is 1750 g/mol. The largest absolute Gasteiger partial charge is 0.354 e. The van der Waals surface area contributed by atoms with E-state index in [1.54, 1.807) is 0 Å². The minimum Gasteiger partial charge on any atom is -0.354 e. The third kappa shape index (κ3) is 16.8. The molecule has 0 saturated carbocycles. The van der Waals surface area contributed by atoms with Gasteiger partial charge in [0.1, 0.15) is 0 Å². The van der Waals surface area contributed by atoms with Gasteiger partial charge < -0.3 is 9.97 Å². The first-order valence-corrected chi connectivity index (χ1v) is 49.1. The van der Waals surface area contributed by atoms with E-state index in [1.165, 1.54) is 0 Å². The van der Waals surface area contributed by atoms with Gasteiger partial charge in [-0.3, -0.25) is 0 Å². The van der Waals surface area contributed by atoms with Crippen LogP contribution in [0.15, 0.2) is 534 Å². The van der Waals surface area contributed by atoms with E-state index in [0.717, 1.165) is 247 Å². The van der Waals surface area contributed by atoms with Gasteiger partial charge in [0.15, 0.2) is 0 Å². The second-order valence-electron chi connectivity index (χ2n) is 36.5. The van der Waals surface area contributed by atoms with Crippen LogP contribution in [-0.2, 0) is 0 Å². The summed E-state index contributed by atoms with van der Waals surface area (Å²) in [5.41, 5.74) is 44.4. The zero-order chi connectivity index (χ0) is 95.6. The highest BCUT2D eigenvalue weighted by Gasteiger charge is 2.33. The Morgan fingerprint density at radius 2 is 0.264 bits per heavy atom. The first-order chi connectivity index (χ1) is 71.4. The van der Waals surface area contributed by atoms with Gasteiger partial charge in [-0.25, -0.2) is 9.97 Å².